The van der Waals surface area contributed by atoms with Gasteiger partial charge in [0.1, 0.15) is 5.75 Å². The number of guanidine groups is 1. The number of hydrogen-bond donors (Lipinski definition) is 2. The molecule has 0 spiro atoms. The lowest BCUT2D eigenvalue weighted by Crippen LogP contribution is -2.37. The van der Waals surface area contributed by atoms with Gasteiger partial charge in [0, 0.05) is 36.8 Å². The Morgan fingerprint density at radius 3 is 2.69 bits per heavy atom. The molecule has 26 heavy (non-hydrogen) atoms. The van der Waals surface area contributed by atoms with Crippen LogP contribution in [0, 0.1) is 13.8 Å². The van der Waals surface area contributed by atoms with Crippen molar-refractivity contribution in [3.05, 3.63) is 45.4 Å². The molecule has 1 aromatic carbocycles. The molecule has 0 amide bonds. The van der Waals surface area contributed by atoms with Crippen molar-refractivity contribution in [3.8, 4) is 5.75 Å². The van der Waals surface area contributed by atoms with Crippen LogP contribution in [0.5, 0.6) is 5.75 Å². The number of ether oxygens (including phenoxy) is 1. The molecule has 0 atom stereocenters. The van der Waals surface area contributed by atoms with Gasteiger partial charge in [-0.1, -0.05) is 12.1 Å². The van der Waals surface area contributed by atoms with Gasteiger partial charge in [0.05, 0.1) is 12.1 Å². The average molecular weight is 488 g/mol. The molecular weight excluding hydrogens is 459 g/mol. The molecule has 0 saturated heterocycles. The van der Waals surface area contributed by atoms with Crippen LogP contribution in [0.2, 0.25) is 0 Å². The summed E-state index contributed by atoms with van der Waals surface area (Å²) in [5.41, 5.74) is 3.43. The van der Waals surface area contributed by atoms with E-state index in [-0.39, 0.29) is 24.0 Å². The summed E-state index contributed by atoms with van der Waals surface area (Å²) in [6, 6.07) is 6.23. The van der Waals surface area contributed by atoms with E-state index in [0.717, 1.165) is 48.8 Å². The number of benzene rings is 1. The fraction of sp³-hybridized carbons (Fsp3) is 0.474. The summed E-state index contributed by atoms with van der Waals surface area (Å²) in [6.45, 7) is 5.68. The quantitative estimate of drug-likeness (QED) is 0.255. The van der Waals surface area contributed by atoms with Gasteiger partial charge in [0.15, 0.2) is 5.96 Å². The highest BCUT2D eigenvalue weighted by atomic mass is 127. The maximum absolute atomic E-state index is 5.44. The van der Waals surface area contributed by atoms with E-state index in [1.807, 2.05) is 13.0 Å². The van der Waals surface area contributed by atoms with Crippen molar-refractivity contribution in [1.82, 2.24) is 15.6 Å². The van der Waals surface area contributed by atoms with E-state index in [1.165, 1.54) is 10.6 Å². The monoisotopic (exact) mass is 488 g/mol. The van der Waals surface area contributed by atoms with Crippen molar-refractivity contribution < 1.29 is 4.74 Å². The van der Waals surface area contributed by atoms with Crippen LogP contribution in [0.25, 0.3) is 0 Å². The molecule has 5 nitrogen and oxygen atoms in total. The molecule has 144 valence electrons. The van der Waals surface area contributed by atoms with E-state index in [1.54, 1.807) is 25.5 Å². The number of hydrogen-bond acceptors (Lipinski definition) is 4. The molecule has 2 aromatic rings. The van der Waals surface area contributed by atoms with Gasteiger partial charge in [-0.3, -0.25) is 4.99 Å². The number of thiazole rings is 1. The molecule has 2 N–H and O–H groups in total. The van der Waals surface area contributed by atoms with Gasteiger partial charge >= 0.3 is 0 Å². The predicted molar refractivity (Wildman–Crippen MR) is 121 cm³/mol. The SMILES string of the molecule is CN=C(NCCCCc1nc(C)cs1)NCc1ccc(C)cc1OC.I. The zero-order valence-corrected chi connectivity index (χ0v) is 19.1. The van der Waals surface area contributed by atoms with Crippen molar-refractivity contribution >= 4 is 41.3 Å². The Hall–Kier alpha value is -1.35. The molecule has 0 bridgehead atoms. The highest BCUT2D eigenvalue weighted by Crippen LogP contribution is 2.19. The Morgan fingerprint density at radius 2 is 2.04 bits per heavy atom. The second-order valence-electron chi connectivity index (χ2n) is 6.01. The van der Waals surface area contributed by atoms with Crippen molar-refractivity contribution in [2.75, 3.05) is 20.7 Å². The number of nitrogens with one attached hydrogen (secondary N) is 2. The summed E-state index contributed by atoms with van der Waals surface area (Å²) >= 11 is 1.75. The lowest BCUT2D eigenvalue weighted by atomic mass is 10.1. The number of halogens is 1. The minimum absolute atomic E-state index is 0. The number of aliphatic imine (C=N–C) groups is 1. The minimum Gasteiger partial charge on any atom is -0.496 e. The highest BCUT2D eigenvalue weighted by Gasteiger charge is 2.05. The first-order valence-corrected chi connectivity index (χ1v) is 9.49. The second-order valence-corrected chi connectivity index (χ2v) is 6.95. The van der Waals surface area contributed by atoms with Gasteiger partial charge in [-0.15, -0.1) is 35.3 Å². The molecular formula is C19H29IN4OS. The Morgan fingerprint density at radius 1 is 1.23 bits per heavy atom. The summed E-state index contributed by atoms with van der Waals surface area (Å²) in [4.78, 5) is 8.77. The lowest BCUT2D eigenvalue weighted by Gasteiger charge is -2.14. The average Bonchev–Trinajstić information content (AvgIpc) is 3.03. The number of aromatic nitrogens is 1. The normalized spacial score (nSPS) is 11.0. The van der Waals surface area contributed by atoms with Crippen LogP contribution in [0.4, 0.5) is 0 Å². The first-order chi connectivity index (χ1) is 12.1. The maximum Gasteiger partial charge on any atom is 0.191 e. The van der Waals surface area contributed by atoms with Crippen molar-refractivity contribution in [3.63, 3.8) is 0 Å². The van der Waals surface area contributed by atoms with Crippen LogP contribution in [-0.2, 0) is 13.0 Å². The number of methoxy groups -OCH3 is 1. The molecule has 7 heteroatoms. The van der Waals surface area contributed by atoms with Crippen molar-refractivity contribution in [1.29, 1.82) is 0 Å². The molecule has 0 saturated carbocycles. The lowest BCUT2D eigenvalue weighted by molar-refractivity contribution is 0.408. The third kappa shape index (κ3) is 7.49. The smallest absolute Gasteiger partial charge is 0.191 e. The first kappa shape index (κ1) is 22.7. The third-order valence-electron chi connectivity index (χ3n) is 3.89. The molecule has 0 aliphatic heterocycles. The van der Waals surface area contributed by atoms with Crippen LogP contribution in [0.15, 0.2) is 28.6 Å². The zero-order valence-electron chi connectivity index (χ0n) is 16.0. The van der Waals surface area contributed by atoms with Crippen molar-refractivity contribution in [2.24, 2.45) is 4.99 Å². The summed E-state index contributed by atoms with van der Waals surface area (Å²) in [5, 5.41) is 10.0. The summed E-state index contributed by atoms with van der Waals surface area (Å²) in [5.74, 6) is 1.72. The molecule has 0 aliphatic rings. The molecule has 0 fully saturated rings. The number of aryl methyl sites for hydroxylation is 3. The standard InChI is InChI=1S/C19H28N4OS.HI/c1-14-8-9-16(17(11-14)24-4)12-22-19(20-3)21-10-6-5-7-18-23-15(2)13-25-18;/h8-9,11,13H,5-7,10,12H2,1-4H3,(H2,20,21,22);1H. The van der Waals surface area contributed by atoms with E-state index < -0.39 is 0 Å². The number of nitrogens with zero attached hydrogens (tertiary/aromatic N) is 2. The van der Waals surface area contributed by atoms with Gasteiger partial charge in [0.25, 0.3) is 0 Å². The van der Waals surface area contributed by atoms with Gasteiger partial charge < -0.3 is 15.4 Å². The minimum atomic E-state index is 0. The van der Waals surface area contributed by atoms with E-state index in [9.17, 15) is 0 Å². The Balaban J connectivity index is 0.00000338. The Kier molecular flexibility index (Phi) is 10.6. The molecule has 0 radical (unpaired) electrons. The van der Waals surface area contributed by atoms with Gasteiger partial charge in [-0.05, 0) is 44.7 Å². The molecule has 1 heterocycles. The van der Waals surface area contributed by atoms with E-state index in [4.69, 9.17) is 4.74 Å². The predicted octanol–water partition coefficient (Wildman–Crippen LogP) is 4.07. The summed E-state index contributed by atoms with van der Waals surface area (Å²) < 4.78 is 5.44. The largest absolute Gasteiger partial charge is 0.496 e. The molecule has 1 aromatic heterocycles. The van der Waals surface area contributed by atoms with E-state index in [2.05, 4.69) is 45.0 Å². The topological polar surface area (TPSA) is 58.5 Å². The van der Waals surface area contributed by atoms with Crippen LogP contribution in [-0.4, -0.2) is 31.6 Å². The third-order valence-corrected chi connectivity index (χ3v) is 4.92. The van der Waals surface area contributed by atoms with Crippen molar-refractivity contribution in [2.45, 2.75) is 39.7 Å². The van der Waals surface area contributed by atoms with Gasteiger partial charge in [0.2, 0.25) is 0 Å². The number of rotatable bonds is 8. The molecule has 2 rings (SSSR count). The molecule has 0 aliphatic carbocycles. The molecule has 0 unspecified atom stereocenters. The maximum atomic E-state index is 5.44. The van der Waals surface area contributed by atoms with Crippen LogP contribution in [0.3, 0.4) is 0 Å². The Labute approximate surface area is 177 Å². The highest BCUT2D eigenvalue weighted by molar-refractivity contribution is 14.0. The van der Waals surface area contributed by atoms with Gasteiger partial charge in [-0.25, -0.2) is 4.98 Å². The fourth-order valence-corrected chi connectivity index (χ4v) is 3.34. The zero-order chi connectivity index (χ0) is 18.1. The second kappa shape index (κ2) is 12.1. The summed E-state index contributed by atoms with van der Waals surface area (Å²) in [7, 11) is 3.50. The van der Waals surface area contributed by atoms with E-state index in [0.29, 0.717) is 6.54 Å². The van der Waals surface area contributed by atoms with Crippen LogP contribution >= 0.6 is 35.3 Å². The van der Waals surface area contributed by atoms with E-state index >= 15 is 0 Å². The fourth-order valence-electron chi connectivity index (χ4n) is 2.52. The number of unbranched alkanes of at least 4 members (excludes halogenated alkanes) is 1. The summed E-state index contributed by atoms with van der Waals surface area (Å²) in [6.07, 6.45) is 3.27. The Bertz CT molecular complexity index is 703. The van der Waals surface area contributed by atoms with Gasteiger partial charge in [-0.2, -0.15) is 0 Å². The first-order valence-electron chi connectivity index (χ1n) is 8.61. The van der Waals surface area contributed by atoms with Crippen LogP contribution < -0.4 is 15.4 Å². The van der Waals surface area contributed by atoms with Crippen LogP contribution in [0.1, 0.15) is 34.7 Å².